The van der Waals surface area contributed by atoms with Crippen molar-refractivity contribution in [3.8, 4) is 22.3 Å². The number of aryl methyl sites for hydroxylation is 6. The van der Waals surface area contributed by atoms with E-state index in [0.29, 0.717) is 71.9 Å². The number of benzene rings is 4. The lowest BCUT2D eigenvalue weighted by Crippen LogP contribution is -2.46. The molecule has 2 aliphatic heterocycles. The van der Waals surface area contributed by atoms with E-state index in [2.05, 4.69) is 12.2 Å². The smallest absolute Gasteiger partial charge is 0.419 e. The molecule has 15 nitrogen and oxygen atoms in total. The number of carbonyl (C=O) groups excluding carboxylic acids is 3. The number of aromatic nitrogens is 2. The maximum Gasteiger partial charge on any atom is 0.419 e. The first-order chi connectivity index (χ1) is 49.5. The molecule has 4 N–H and O–H groups in total. The van der Waals surface area contributed by atoms with Crippen molar-refractivity contribution >= 4 is 50.8 Å². The molecular formula is C78H98F14N6O9S2. The van der Waals surface area contributed by atoms with Crippen LogP contribution in [0.3, 0.4) is 0 Å². The van der Waals surface area contributed by atoms with Crippen molar-refractivity contribution in [2.45, 2.75) is 184 Å². The number of carbonyl (C=O) groups is 4. The van der Waals surface area contributed by atoms with E-state index in [1.807, 2.05) is 42.7 Å². The van der Waals surface area contributed by atoms with Crippen molar-refractivity contribution in [3.05, 3.63) is 183 Å². The molecule has 0 spiro atoms. The molecule has 4 atom stereocenters. The molecule has 0 aliphatic carbocycles. The predicted octanol–water partition coefficient (Wildman–Crippen LogP) is 17.2. The monoisotopic (exact) mass is 1590 g/mol. The molecule has 0 saturated carbocycles. The number of nitrogens with one attached hydrogen (secondary N) is 1. The van der Waals surface area contributed by atoms with E-state index in [9.17, 15) is 90.9 Å². The average Bonchev–Trinajstić information content (AvgIpc) is 0.780. The zero-order chi connectivity index (χ0) is 80.4. The molecule has 2 aliphatic rings. The number of rotatable bonds is 25. The first-order valence-electron chi connectivity index (χ1n) is 35.2. The summed E-state index contributed by atoms with van der Waals surface area (Å²) in [5.41, 5.74) is 3.18. The highest BCUT2D eigenvalue weighted by atomic mass is 32.1. The minimum absolute atomic E-state index is 0. The second-order valence-electron chi connectivity index (χ2n) is 28.9. The van der Waals surface area contributed by atoms with E-state index in [1.165, 1.54) is 13.0 Å². The quantitative estimate of drug-likeness (QED) is 0.0363. The second-order valence-corrected chi connectivity index (χ2v) is 28.9. The zero-order valence-electron chi connectivity index (χ0n) is 63.3. The molecule has 1 amide bonds. The molecular weight excluding hydrogens is 1490 g/mol. The number of alkyl halides is 12. The third-order valence-corrected chi connectivity index (χ3v) is 18.5. The molecule has 8 rings (SSSR count). The fourth-order valence-electron chi connectivity index (χ4n) is 13.9. The van der Waals surface area contributed by atoms with Gasteiger partial charge >= 0.3 is 42.6 Å². The first kappa shape index (κ1) is 93.6. The number of amides is 1. The van der Waals surface area contributed by atoms with Crippen LogP contribution in [0, 0.1) is 76.8 Å². The molecule has 4 heterocycles. The van der Waals surface area contributed by atoms with E-state index in [-0.39, 0.29) is 112 Å². The van der Waals surface area contributed by atoms with Gasteiger partial charge in [0.05, 0.1) is 54.4 Å². The number of nitrogens with two attached hydrogens (primary N) is 1. The van der Waals surface area contributed by atoms with Gasteiger partial charge in [0.15, 0.2) is 0 Å². The number of nitrogens with zero attached hydrogens (tertiary/aromatic N) is 4. The molecule has 6 aromatic rings. The van der Waals surface area contributed by atoms with Crippen LogP contribution in [0.1, 0.15) is 183 Å². The molecule has 0 bridgehead atoms. The number of carboxylic acids is 1. The summed E-state index contributed by atoms with van der Waals surface area (Å²) in [6.45, 7) is 28.7. The minimum atomic E-state index is -5.17. The molecule has 4 aromatic carbocycles. The van der Waals surface area contributed by atoms with Gasteiger partial charge in [0, 0.05) is 81.0 Å². The largest absolute Gasteiger partial charge is 0.480 e. The van der Waals surface area contributed by atoms with Crippen LogP contribution in [-0.4, -0.2) is 100 Å². The maximum absolute atomic E-state index is 16.1. The van der Waals surface area contributed by atoms with Crippen LogP contribution in [0.15, 0.2) is 82.6 Å². The minimum Gasteiger partial charge on any atom is -0.480 e. The van der Waals surface area contributed by atoms with E-state index in [0.717, 1.165) is 69.0 Å². The van der Waals surface area contributed by atoms with E-state index < -0.39 is 136 Å². The number of ether oxygens (including phenoxy) is 2. The Labute approximate surface area is 639 Å². The Morgan fingerprint density at radius 1 is 0.523 bits per heavy atom. The summed E-state index contributed by atoms with van der Waals surface area (Å²) in [4.78, 5) is 79.8. The Hall–Kier alpha value is -7.74. The molecule has 2 fully saturated rings. The van der Waals surface area contributed by atoms with Gasteiger partial charge in [-0.15, -0.1) is 0 Å². The highest BCUT2D eigenvalue weighted by molar-refractivity contribution is 7.59. The third-order valence-electron chi connectivity index (χ3n) is 18.5. The van der Waals surface area contributed by atoms with Crippen LogP contribution in [0.5, 0.6) is 0 Å². The molecule has 604 valence electrons. The van der Waals surface area contributed by atoms with Crippen molar-refractivity contribution in [2.24, 2.45) is 29.4 Å². The van der Waals surface area contributed by atoms with Crippen LogP contribution < -0.4 is 22.2 Å². The summed E-state index contributed by atoms with van der Waals surface area (Å²) in [7, 11) is 0. The van der Waals surface area contributed by atoms with Crippen LogP contribution >= 0.6 is 27.0 Å². The number of esters is 2. The van der Waals surface area contributed by atoms with Crippen molar-refractivity contribution in [1.29, 1.82) is 0 Å². The van der Waals surface area contributed by atoms with Crippen LogP contribution in [0.2, 0.25) is 0 Å². The van der Waals surface area contributed by atoms with Gasteiger partial charge in [0.1, 0.15) is 23.7 Å². The second kappa shape index (κ2) is 38.9. The summed E-state index contributed by atoms with van der Waals surface area (Å²) < 4.78 is 208. The number of pyridine rings is 2. The SMILES string of the molecule is CC(C)CC(C(=O)O)n1cc(CCN2CC(C)C2)c(C(F)(F)F)cc1=O.CCOC(=O)C[C@H](N)c1cc(-c2c(C)cc(C)cc2C)cc(C(F)(F)F)c1F.CCOC(=O)C[C@H](NC(=O)C(CC(C)C)n1cc(CCN2CC(C)C2)c(C(F)(F)F)cc1=O)c1cc(-c2c(C)cc(C)cc2C)cc(C(F)(F)F)c1F.S.S. The van der Waals surface area contributed by atoms with E-state index in [1.54, 1.807) is 74.4 Å². The highest BCUT2D eigenvalue weighted by Crippen LogP contribution is 2.43. The average molecular weight is 1590 g/mol. The van der Waals surface area contributed by atoms with Gasteiger partial charge in [-0.1, -0.05) is 76.9 Å². The van der Waals surface area contributed by atoms with Crippen LogP contribution in [0.25, 0.3) is 22.3 Å². The molecule has 2 aromatic heterocycles. The molecule has 109 heavy (non-hydrogen) atoms. The van der Waals surface area contributed by atoms with Gasteiger partial charge in [-0.05, 0) is 185 Å². The van der Waals surface area contributed by atoms with E-state index >= 15 is 4.39 Å². The summed E-state index contributed by atoms with van der Waals surface area (Å²) >= 11 is 0. The van der Waals surface area contributed by atoms with Crippen molar-refractivity contribution in [2.75, 3.05) is 52.5 Å². The third kappa shape index (κ3) is 25.1. The molecule has 2 saturated heterocycles. The van der Waals surface area contributed by atoms with Gasteiger partial charge in [0.2, 0.25) is 5.91 Å². The number of carboxylic acid groups (broad SMARTS) is 1. The summed E-state index contributed by atoms with van der Waals surface area (Å²) in [6.07, 6.45) is -18.5. The normalized spacial score (nSPS) is 14.9. The number of halogens is 14. The summed E-state index contributed by atoms with van der Waals surface area (Å²) in [5.74, 6) is -6.44. The topological polar surface area (TPSA) is 196 Å². The van der Waals surface area contributed by atoms with Gasteiger partial charge in [-0.2, -0.15) is 79.7 Å². The lowest BCUT2D eigenvalue weighted by Gasteiger charge is -2.37. The Bertz CT molecular complexity index is 4250. The van der Waals surface area contributed by atoms with Gasteiger partial charge < -0.3 is 44.6 Å². The van der Waals surface area contributed by atoms with Crippen LogP contribution in [0.4, 0.5) is 61.5 Å². The lowest BCUT2D eigenvalue weighted by atomic mass is 9.89. The first-order valence-corrected chi connectivity index (χ1v) is 35.2. The Balaban J connectivity index is 0.000000377. The number of hydrogen-bond acceptors (Lipinski definition) is 11. The zero-order valence-corrected chi connectivity index (χ0v) is 65.3. The predicted molar refractivity (Wildman–Crippen MR) is 398 cm³/mol. The van der Waals surface area contributed by atoms with Crippen molar-refractivity contribution < 1.29 is 95.2 Å². The highest BCUT2D eigenvalue weighted by Gasteiger charge is 2.42. The number of hydrogen-bond donors (Lipinski definition) is 3. The van der Waals surface area contributed by atoms with Crippen molar-refractivity contribution in [3.63, 3.8) is 0 Å². The van der Waals surface area contributed by atoms with Gasteiger partial charge in [-0.25, -0.2) is 13.6 Å². The Morgan fingerprint density at radius 2 is 0.862 bits per heavy atom. The fraction of sp³-hybridized carbons (Fsp3) is 0.513. The molecule has 0 radical (unpaired) electrons. The Morgan fingerprint density at radius 3 is 1.20 bits per heavy atom. The fourth-order valence-corrected chi connectivity index (χ4v) is 13.9. The van der Waals surface area contributed by atoms with Crippen LogP contribution in [-0.2, 0) is 66.2 Å². The lowest BCUT2D eigenvalue weighted by molar-refractivity contribution is -0.145. The Kier molecular flexibility index (Phi) is 33.5. The van der Waals surface area contributed by atoms with Gasteiger partial charge in [-0.3, -0.25) is 24.0 Å². The number of likely N-dealkylation sites (tertiary alicyclic amines) is 2. The van der Waals surface area contributed by atoms with Gasteiger partial charge in [0.25, 0.3) is 11.1 Å². The molecule has 2 unspecified atom stereocenters. The number of aliphatic carboxylic acids is 1. The summed E-state index contributed by atoms with van der Waals surface area (Å²) in [6, 6.07) is 6.47. The standard InChI is InChI=1S/C39H46F7N3O4.C21H23F4NO2.C18H25F3N2O3.2H2S/c1-8-53-34(51)17-31(28-14-27(15-30(36(28)40)39(44,45)46)35-24(6)12-22(4)13-25(35)7)47-37(52)32(11-21(2)3)49-20-26(9-10-48-18-23(5)19-48)29(16-33(49)50)38(41,42)43;1-5-28-18(27)10-17(26)15-8-14(9-16(20(15)22)21(23,24)25)19-12(3)6-11(2)7-13(19)4;1-11(2)6-15(17(25)26)23-10-13(4-5-22-8-12(3)9-22)14(7-16(23)24)18(19,20)21;;/h12-16,20-21,23,31-32H,8-11,17-19H2,1-7H3,(H,47,52);6-9,17H,5,10,26H2,1-4H3;7,10-12,15H,4-6,8-9H2,1-3H3,(H,25,26);2*1H2/t31-,32?;17-;;;/m00.../s1. The van der Waals surface area contributed by atoms with E-state index in [4.69, 9.17) is 15.2 Å². The van der Waals surface area contributed by atoms with Crippen molar-refractivity contribution in [1.82, 2.24) is 24.3 Å². The summed E-state index contributed by atoms with van der Waals surface area (Å²) in [5, 5.41) is 11.9. The maximum atomic E-state index is 16.1. The molecule has 31 heteroatoms.